The lowest BCUT2D eigenvalue weighted by Gasteiger charge is -2.13. The first-order valence-electron chi connectivity index (χ1n) is 6.33. The zero-order valence-electron chi connectivity index (χ0n) is 10.6. The Morgan fingerprint density at radius 1 is 0.941 bits per heavy atom. The Morgan fingerprint density at radius 2 is 1.65 bits per heavy atom. The van der Waals surface area contributed by atoms with Gasteiger partial charge in [0, 0.05) is 0 Å². The lowest BCUT2D eigenvalue weighted by molar-refractivity contribution is 0.159. The van der Waals surface area contributed by atoms with E-state index in [1.54, 1.807) is 0 Å². The second-order valence-corrected chi connectivity index (χ2v) is 5.09. The molecule has 0 aliphatic rings. The highest BCUT2D eigenvalue weighted by molar-refractivity contribution is 5.83. The van der Waals surface area contributed by atoms with Crippen LogP contribution in [0.5, 0.6) is 0 Å². The highest BCUT2D eigenvalue weighted by Gasteiger charge is 2.08. The fraction of sp³-hybridized carbons (Fsp3) is 0.375. The zero-order valence-corrected chi connectivity index (χ0v) is 10.6. The number of rotatable bonds is 4. The normalized spacial score (nSPS) is 13.2. The number of aliphatic hydroxyl groups excluding tert-OH is 1. The van der Waals surface area contributed by atoms with Crippen molar-refractivity contribution in [2.45, 2.75) is 32.8 Å². The SMILES string of the molecule is CC(C)CCC(O)c1ccc2ccccc2c1. The Bertz CT molecular complexity index is 488. The van der Waals surface area contributed by atoms with E-state index in [0.29, 0.717) is 5.92 Å². The minimum Gasteiger partial charge on any atom is -0.388 e. The third-order valence-electron chi connectivity index (χ3n) is 3.18. The maximum atomic E-state index is 10.1. The molecule has 90 valence electrons. The van der Waals surface area contributed by atoms with Crippen molar-refractivity contribution in [3.8, 4) is 0 Å². The summed E-state index contributed by atoms with van der Waals surface area (Å²) in [7, 11) is 0. The minimum atomic E-state index is -0.331. The van der Waals surface area contributed by atoms with Gasteiger partial charge in [-0.3, -0.25) is 0 Å². The molecular weight excluding hydrogens is 208 g/mol. The van der Waals surface area contributed by atoms with Crippen molar-refractivity contribution >= 4 is 10.8 Å². The first-order chi connectivity index (χ1) is 8.16. The van der Waals surface area contributed by atoms with Gasteiger partial charge in [0.1, 0.15) is 0 Å². The van der Waals surface area contributed by atoms with Crippen molar-refractivity contribution in [2.75, 3.05) is 0 Å². The molecule has 0 saturated carbocycles. The summed E-state index contributed by atoms with van der Waals surface area (Å²) in [6, 6.07) is 14.5. The van der Waals surface area contributed by atoms with E-state index in [4.69, 9.17) is 0 Å². The van der Waals surface area contributed by atoms with E-state index >= 15 is 0 Å². The van der Waals surface area contributed by atoms with Gasteiger partial charge in [-0.25, -0.2) is 0 Å². The first-order valence-corrected chi connectivity index (χ1v) is 6.33. The van der Waals surface area contributed by atoms with E-state index in [1.807, 2.05) is 18.2 Å². The summed E-state index contributed by atoms with van der Waals surface area (Å²) in [5.41, 5.74) is 1.03. The van der Waals surface area contributed by atoms with Crippen LogP contribution in [-0.2, 0) is 0 Å². The van der Waals surface area contributed by atoms with Crippen LogP contribution in [0.25, 0.3) is 10.8 Å². The van der Waals surface area contributed by atoms with Crippen molar-refractivity contribution in [1.29, 1.82) is 0 Å². The van der Waals surface area contributed by atoms with Gasteiger partial charge in [0.05, 0.1) is 6.10 Å². The molecule has 2 aromatic rings. The van der Waals surface area contributed by atoms with Crippen LogP contribution in [0.15, 0.2) is 42.5 Å². The van der Waals surface area contributed by atoms with Crippen LogP contribution in [0.2, 0.25) is 0 Å². The molecule has 0 radical (unpaired) electrons. The Labute approximate surface area is 103 Å². The highest BCUT2D eigenvalue weighted by atomic mass is 16.3. The van der Waals surface area contributed by atoms with Crippen LogP contribution in [0.4, 0.5) is 0 Å². The molecule has 1 atom stereocenters. The molecule has 0 fully saturated rings. The fourth-order valence-corrected chi connectivity index (χ4v) is 2.07. The van der Waals surface area contributed by atoms with Gasteiger partial charge >= 0.3 is 0 Å². The van der Waals surface area contributed by atoms with Crippen molar-refractivity contribution < 1.29 is 5.11 Å². The van der Waals surface area contributed by atoms with Gasteiger partial charge in [0.2, 0.25) is 0 Å². The van der Waals surface area contributed by atoms with E-state index in [9.17, 15) is 5.11 Å². The fourth-order valence-electron chi connectivity index (χ4n) is 2.07. The quantitative estimate of drug-likeness (QED) is 0.826. The average Bonchev–Trinajstić information content (AvgIpc) is 2.35. The Kier molecular flexibility index (Phi) is 3.80. The molecule has 0 heterocycles. The monoisotopic (exact) mass is 228 g/mol. The standard InChI is InChI=1S/C16H20O/c1-12(2)7-10-16(17)15-9-8-13-5-3-4-6-14(13)11-15/h3-6,8-9,11-12,16-17H,7,10H2,1-2H3. The lowest BCUT2D eigenvalue weighted by Crippen LogP contribution is -1.99. The van der Waals surface area contributed by atoms with E-state index in [0.717, 1.165) is 18.4 Å². The van der Waals surface area contributed by atoms with Gasteiger partial charge in [-0.05, 0) is 41.2 Å². The first kappa shape index (κ1) is 12.1. The maximum absolute atomic E-state index is 10.1. The molecule has 0 aliphatic heterocycles. The van der Waals surface area contributed by atoms with Crippen LogP contribution < -0.4 is 0 Å². The summed E-state index contributed by atoms with van der Waals surface area (Å²) in [5, 5.41) is 12.6. The molecule has 1 unspecified atom stereocenters. The van der Waals surface area contributed by atoms with Crippen LogP contribution in [0.1, 0.15) is 38.4 Å². The van der Waals surface area contributed by atoms with Gasteiger partial charge in [-0.1, -0.05) is 50.2 Å². The molecule has 2 rings (SSSR count). The molecule has 2 aromatic carbocycles. The van der Waals surface area contributed by atoms with Gasteiger partial charge in [0.25, 0.3) is 0 Å². The molecule has 1 nitrogen and oxygen atoms in total. The molecular formula is C16H20O. The van der Waals surface area contributed by atoms with Crippen LogP contribution >= 0.6 is 0 Å². The van der Waals surface area contributed by atoms with E-state index in [1.165, 1.54) is 10.8 Å². The van der Waals surface area contributed by atoms with E-state index in [-0.39, 0.29) is 6.10 Å². The Hall–Kier alpha value is -1.34. The van der Waals surface area contributed by atoms with Crippen molar-refractivity contribution in [2.24, 2.45) is 5.92 Å². The Balaban J connectivity index is 2.18. The van der Waals surface area contributed by atoms with Crippen molar-refractivity contribution in [3.63, 3.8) is 0 Å². The molecule has 0 amide bonds. The molecule has 17 heavy (non-hydrogen) atoms. The molecule has 0 saturated heterocycles. The highest BCUT2D eigenvalue weighted by Crippen LogP contribution is 2.24. The van der Waals surface area contributed by atoms with Crippen LogP contribution in [0, 0.1) is 5.92 Å². The third-order valence-corrected chi connectivity index (χ3v) is 3.18. The number of hydrogen-bond donors (Lipinski definition) is 1. The third kappa shape index (κ3) is 3.07. The number of benzene rings is 2. The second kappa shape index (κ2) is 5.33. The summed E-state index contributed by atoms with van der Waals surface area (Å²) in [5.74, 6) is 0.644. The second-order valence-electron chi connectivity index (χ2n) is 5.09. The molecule has 0 aliphatic carbocycles. The molecule has 1 heteroatoms. The topological polar surface area (TPSA) is 20.2 Å². The summed E-state index contributed by atoms with van der Waals surface area (Å²) < 4.78 is 0. The van der Waals surface area contributed by atoms with Crippen LogP contribution in [-0.4, -0.2) is 5.11 Å². The molecule has 0 spiro atoms. The maximum Gasteiger partial charge on any atom is 0.0790 e. The van der Waals surface area contributed by atoms with Gasteiger partial charge in [-0.2, -0.15) is 0 Å². The predicted molar refractivity (Wildman–Crippen MR) is 73.0 cm³/mol. The molecule has 0 bridgehead atoms. The summed E-state index contributed by atoms with van der Waals surface area (Å²) in [6.45, 7) is 4.38. The lowest BCUT2D eigenvalue weighted by atomic mass is 9.98. The van der Waals surface area contributed by atoms with Gasteiger partial charge in [0.15, 0.2) is 0 Å². The van der Waals surface area contributed by atoms with Gasteiger partial charge < -0.3 is 5.11 Å². The minimum absolute atomic E-state index is 0.331. The summed E-state index contributed by atoms with van der Waals surface area (Å²) >= 11 is 0. The van der Waals surface area contributed by atoms with E-state index < -0.39 is 0 Å². The van der Waals surface area contributed by atoms with E-state index in [2.05, 4.69) is 38.1 Å². The zero-order chi connectivity index (χ0) is 12.3. The molecule has 1 N–H and O–H groups in total. The predicted octanol–water partition coefficient (Wildman–Crippen LogP) is 4.31. The number of fused-ring (bicyclic) bond motifs is 1. The van der Waals surface area contributed by atoms with Crippen LogP contribution in [0.3, 0.4) is 0 Å². The largest absolute Gasteiger partial charge is 0.388 e. The average molecular weight is 228 g/mol. The van der Waals surface area contributed by atoms with Crippen molar-refractivity contribution in [1.82, 2.24) is 0 Å². The smallest absolute Gasteiger partial charge is 0.0790 e. The summed E-state index contributed by atoms with van der Waals surface area (Å²) in [4.78, 5) is 0. The molecule has 0 aromatic heterocycles. The summed E-state index contributed by atoms with van der Waals surface area (Å²) in [6.07, 6.45) is 1.58. The number of hydrogen-bond acceptors (Lipinski definition) is 1. The van der Waals surface area contributed by atoms with Gasteiger partial charge in [-0.15, -0.1) is 0 Å². The van der Waals surface area contributed by atoms with Crippen molar-refractivity contribution in [3.05, 3.63) is 48.0 Å². The number of aliphatic hydroxyl groups is 1. The Morgan fingerprint density at radius 3 is 2.35 bits per heavy atom.